The third kappa shape index (κ3) is 5.06. The molecule has 2 aromatic heterocycles. The number of carbonyl (C=O) groups excluding carboxylic acids is 1. The quantitative estimate of drug-likeness (QED) is 0.389. The summed E-state index contributed by atoms with van der Waals surface area (Å²) in [5, 5.41) is 12.1. The number of hydrogen-bond donors (Lipinski definition) is 2. The standard InChI is InChI=1S/C22H26N4O2S2/c1-5-26-13-14(3)19(25-26)15(4)23-22(29)24-20-17(21(27)28-6-2)12-18(30-20)16-10-8-7-9-11-16/h7-13,15H,5-6H2,1-4H3,(H2,23,24,29). The molecule has 1 atom stereocenters. The van der Waals surface area contributed by atoms with E-state index >= 15 is 0 Å². The van der Waals surface area contributed by atoms with Crippen molar-refractivity contribution in [2.45, 2.75) is 40.3 Å². The molecule has 3 aromatic rings. The average molecular weight is 443 g/mol. The van der Waals surface area contributed by atoms with E-state index in [-0.39, 0.29) is 12.0 Å². The fraction of sp³-hybridized carbons (Fsp3) is 0.318. The lowest BCUT2D eigenvalue weighted by molar-refractivity contribution is 0.0528. The minimum atomic E-state index is -0.369. The van der Waals surface area contributed by atoms with Crippen molar-refractivity contribution in [2.24, 2.45) is 0 Å². The molecule has 1 unspecified atom stereocenters. The molecule has 6 nitrogen and oxygen atoms in total. The highest BCUT2D eigenvalue weighted by molar-refractivity contribution is 7.80. The number of ether oxygens (including phenoxy) is 1. The van der Waals surface area contributed by atoms with Gasteiger partial charge in [-0.05, 0) is 57.1 Å². The third-order valence-electron chi connectivity index (χ3n) is 4.58. The Labute approximate surface area is 186 Å². The second kappa shape index (κ2) is 9.86. The number of thiophene rings is 1. The van der Waals surface area contributed by atoms with Crippen LogP contribution >= 0.6 is 23.6 Å². The summed E-state index contributed by atoms with van der Waals surface area (Å²) in [7, 11) is 0. The van der Waals surface area contributed by atoms with Gasteiger partial charge in [0.2, 0.25) is 0 Å². The zero-order valence-corrected chi connectivity index (χ0v) is 19.2. The van der Waals surface area contributed by atoms with Gasteiger partial charge >= 0.3 is 5.97 Å². The number of nitrogens with one attached hydrogen (secondary N) is 2. The van der Waals surface area contributed by atoms with Gasteiger partial charge in [-0.1, -0.05) is 30.3 Å². The number of aryl methyl sites for hydroxylation is 2. The van der Waals surface area contributed by atoms with E-state index in [2.05, 4.69) is 22.7 Å². The van der Waals surface area contributed by atoms with Crippen LogP contribution in [0.1, 0.15) is 48.4 Å². The number of thiocarbonyl (C=S) groups is 1. The number of esters is 1. The van der Waals surface area contributed by atoms with Gasteiger partial charge in [-0.2, -0.15) is 5.10 Å². The number of nitrogens with zero attached hydrogens (tertiary/aromatic N) is 2. The van der Waals surface area contributed by atoms with Gasteiger partial charge in [0.1, 0.15) is 5.00 Å². The van der Waals surface area contributed by atoms with Crippen LogP contribution in [0.25, 0.3) is 10.4 Å². The lowest BCUT2D eigenvalue weighted by Crippen LogP contribution is -2.31. The summed E-state index contributed by atoms with van der Waals surface area (Å²) in [6.45, 7) is 9.02. The van der Waals surface area contributed by atoms with Crippen molar-refractivity contribution in [3.8, 4) is 10.4 Å². The van der Waals surface area contributed by atoms with Crippen molar-refractivity contribution in [1.82, 2.24) is 15.1 Å². The van der Waals surface area contributed by atoms with Crippen molar-refractivity contribution in [2.75, 3.05) is 11.9 Å². The largest absolute Gasteiger partial charge is 0.462 e. The molecule has 158 valence electrons. The molecule has 0 radical (unpaired) electrons. The van der Waals surface area contributed by atoms with E-state index in [0.717, 1.165) is 28.2 Å². The number of carbonyl (C=O) groups is 1. The van der Waals surface area contributed by atoms with Crippen LogP contribution in [0.5, 0.6) is 0 Å². The maximum absolute atomic E-state index is 12.5. The molecule has 1 aromatic carbocycles. The smallest absolute Gasteiger partial charge is 0.341 e. The highest BCUT2D eigenvalue weighted by atomic mass is 32.1. The van der Waals surface area contributed by atoms with E-state index in [1.807, 2.05) is 61.1 Å². The maximum atomic E-state index is 12.5. The second-order valence-corrected chi connectivity index (χ2v) is 8.27. The molecule has 0 amide bonds. The number of rotatable bonds is 7. The van der Waals surface area contributed by atoms with Gasteiger partial charge in [-0.25, -0.2) is 4.79 Å². The molecule has 0 fully saturated rings. The molecule has 30 heavy (non-hydrogen) atoms. The zero-order valence-electron chi connectivity index (χ0n) is 17.6. The summed E-state index contributed by atoms with van der Waals surface area (Å²) in [5.74, 6) is -0.369. The van der Waals surface area contributed by atoms with Crippen LogP contribution in [0.2, 0.25) is 0 Å². The van der Waals surface area contributed by atoms with Crippen LogP contribution in [-0.4, -0.2) is 27.5 Å². The molecule has 0 spiro atoms. The Kier molecular flexibility index (Phi) is 7.23. The predicted octanol–water partition coefficient (Wildman–Crippen LogP) is 5.16. The van der Waals surface area contributed by atoms with Crippen LogP contribution < -0.4 is 10.6 Å². The summed E-state index contributed by atoms with van der Waals surface area (Å²) in [6.07, 6.45) is 2.02. The van der Waals surface area contributed by atoms with Gasteiger partial charge in [-0.15, -0.1) is 11.3 Å². The number of anilines is 1. The van der Waals surface area contributed by atoms with E-state index in [0.29, 0.717) is 22.3 Å². The molecule has 8 heteroatoms. The van der Waals surface area contributed by atoms with Crippen molar-refractivity contribution >= 4 is 39.6 Å². The zero-order chi connectivity index (χ0) is 21.7. The first-order valence-corrected chi connectivity index (χ1v) is 11.1. The molecule has 2 heterocycles. The van der Waals surface area contributed by atoms with Crippen molar-refractivity contribution < 1.29 is 9.53 Å². The van der Waals surface area contributed by atoms with E-state index < -0.39 is 0 Å². The normalized spacial score (nSPS) is 11.7. The Morgan fingerprint density at radius 2 is 2.03 bits per heavy atom. The molecule has 0 aliphatic rings. The van der Waals surface area contributed by atoms with Crippen LogP contribution in [0.15, 0.2) is 42.6 Å². The highest BCUT2D eigenvalue weighted by Crippen LogP contribution is 2.36. The van der Waals surface area contributed by atoms with Crippen molar-refractivity contribution in [1.29, 1.82) is 0 Å². The van der Waals surface area contributed by atoms with Gasteiger partial charge in [0.15, 0.2) is 5.11 Å². The minimum Gasteiger partial charge on any atom is -0.462 e. The Morgan fingerprint density at radius 1 is 1.30 bits per heavy atom. The second-order valence-electron chi connectivity index (χ2n) is 6.81. The average Bonchev–Trinajstić information content (AvgIpc) is 3.32. The van der Waals surface area contributed by atoms with E-state index in [9.17, 15) is 4.79 Å². The van der Waals surface area contributed by atoms with E-state index in [1.165, 1.54) is 11.3 Å². The summed E-state index contributed by atoms with van der Waals surface area (Å²) in [6, 6.07) is 11.7. The van der Waals surface area contributed by atoms with Crippen LogP contribution in [0.3, 0.4) is 0 Å². The van der Waals surface area contributed by atoms with Gasteiger partial charge in [0.05, 0.1) is 23.9 Å². The highest BCUT2D eigenvalue weighted by Gasteiger charge is 2.20. The van der Waals surface area contributed by atoms with Crippen LogP contribution in [0.4, 0.5) is 5.00 Å². The van der Waals surface area contributed by atoms with Gasteiger partial charge in [0.25, 0.3) is 0 Å². The van der Waals surface area contributed by atoms with Crippen molar-refractivity contribution in [3.63, 3.8) is 0 Å². The predicted molar refractivity (Wildman–Crippen MR) is 126 cm³/mol. The van der Waals surface area contributed by atoms with E-state index in [1.54, 1.807) is 6.92 Å². The van der Waals surface area contributed by atoms with Crippen LogP contribution in [0, 0.1) is 6.92 Å². The molecule has 0 aliphatic carbocycles. The topological polar surface area (TPSA) is 68.2 Å². The summed E-state index contributed by atoms with van der Waals surface area (Å²) >= 11 is 6.99. The summed E-state index contributed by atoms with van der Waals surface area (Å²) in [4.78, 5) is 13.5. The first kappa shape index (κ1) is 22.0. The first-order valence-electron chi connectivity index (χ1n) is 9.90. The number of benzene rings is 1. The molecule has 0 bridgehead atoms. The molecule has 0 saturated carbocycles. The molecule has 0 aliphatic heterocycles. The fourth-order valence-electron chi connectivity index (χ4n) is 3.12. The Bertz CT molecular complexity index is 1030. The molecule has 3 rings (SSSR count). The molecule has 0 saturated heterocycles. The Morgan fingerprint density at radius 3 is 2.67 bits per heavy atom. The monoisotopic (exact) mass is 442 g/mol. The van der Waals surface area contributed by atoms with Crippen LogP contribution in [-0.2, 0) is 11.3 Å². The van der Waals surface area contributed by atoms with Gasteiger partial charge in [-0.3, -0.25) is 4.68 Å². The number of hydrogen-bond acceptors (Lipinski definition) is 5. The lowest BCUT2D eigenvalue weighted by atomic mass is 10.1. The first-order chi connectivity index (χ1) is 14.4. The third-order valence-corrected chi connectivity index (χ3v) is 5.90. The summed E-state index contributed by atoms with van der Waals surface area (Å²) < 4.78 is 7.14. The fourth-order valence-corrected chi connectivity index (χ4v) is 4.52. The SMILES string of the molecule is CCOC(=O)c1cc(-c2ccccc2)sc1NC(=S)NC(C)c1nn(CC)cc1C. The lowest BCUT2D eigenvalue weighted by Gasteiger charge is -2.16. The number of aromatic nitrogens is 2. The summed E-state index contributed by atoms with van der Waals surface area (Å²) in [5.41, 5.74) is 3.56. The van der Waals surface area contributed by atoms with E-state index in [4.69, 9.17) is 17.0 Å². The maximum Gasteiger partial charge on any atom is 0.341 e. The van der Waals surface area contributed by atoms with Gasteiger partial charge < -0.3 is 15.4 Å². The van der Waals surface area contributed by atoms with Gasteiger partial charge in [0, 0.05) is 17.6 Å². The molecule has 2 N–H and O–H groups in total. The minimum absolute atomic E-state index is 0.0719. The van der Waals surface area contributed by atoms with Crippen molar-refractivity contribution in [3.05, 3.63) is 59.4 Å². The molecular weight excluding hydrogens is 416 g/mol. The Balaban J connectivity index is 1.80. The molecular formula is C22H26N4O2S2. The Hall–Kier alpha value is -2.71.